The van der Waals surface area contributed by atoms with Gasteiger partial charge < -0.3 is 5.32 Å². The molecule has 0 spiro atoms. The Balaban J connectivity index is 0.00000220. The van der Waals surface area contributed by atoms with Gasteiger partial charge in [-0.15, -0.1) is 12.4 Å². The molecule has 0 unspecified atom stereocenters. The summed E-state index contributed by atoms with van der Waals surface area (Å²) in [5.74, 6) is 1.01. The van der Waals surface area contributed by atoms with Crippen molar-refractivity contribution in [3.05, 3.63) is 29.0 Å². The number of hydrogen-bond donors (Lipinski definition) is 1. The monoisotopic (exact) mass is 315 g/mol. The molecule has 7 heteroatoms. The molecule has 0 radical (unpaired) electrons. The van der Waals surface area contributed by atoms with Crippen LogP contribution in [0, 0.1) is 25.7 Å². The van der Waals surface area contributed by atoms with Gasteiger partial charge in [-0.2, -0.15) is 14.6 Å². The molecule has 0 bridgehead atoms. The summed E-state index contributed by atoms with van der Waals surface area (Å²) < 4.78 is 17.0. The zero-order valence-corrected chi connectivity index (χ0v) is 14.0. The maximum atomic E-state index is 13.8. The SMILES string of the molecule is Cc1nn(C)c(F)c1CNc1cc(C)n(CC(C)C)n1.Cl. The minimum absolute atomic E-state index is 0. The van der Waals surface area contributed by atoms with Crippen LogP contribution in [0.25, 0.3) is 0 Å². The van der Waals surface area contributed by atoms with Crippen molar-refractivity contribution in [3.63, 3.8) is 0 Å². The number of anilines is 1. The van der Waals surface area contributed by atoms with Crippen LogP contribution in [0.3, 0.4) is 0 Å². The van der Waals surface area contributed by atoms with Gasteiger partial charge in [0.25, 0.3) is 0 Å². The molecule has 0 aliphatic carbocycles. The second-order valence-electron chi connectivity index (χ2n) is 5.58. The Morgan fingerprint density at radius 1 is 1.29 bits per heavy atom. The third kappa shape index (κ3) is 3.97. The molecule has 0 saturated carbocycles. The van der Waals surface area contributed by atoms with Gasteiger partial charge in [-0.25, -0.2) is 4.68 Å². The van der Waals surface area contributed by atoms with Gasteiger partial charge >= 0.3 is 0 Å². The van der Waals surface area contributed by atoms with Crippen LogP contribution in [0.2, 0.25) is 0 Å². The van der Waals surface area contributed by atoms with Gasteiger partial charge in [0, 0.05) is 37.5 Å². The molecule has 0 aliphatic heterocycles. The molecule has 1 N–H and O–H groups in total. The van der Waals surface area contributed by atoms with Crippen molar-refractivity contribution in [2.75, 3.05) is 5.32 Å². The molecule has 0 atom stereocenters. The third-order valence-electron chi connectivity index (χ3n) is 3.24. The van der Waals surface area contributed by atoms with Crippen LogP contribution >= 0.6 is 12.4 Å². The maximum Gasteiger partial charge on any atom is 0.216 e. The third-order valence-corrected chi connectivity index (χ3v) is 3.24. The molecular formula is C14H23ClFN5. The van der Waals surface area contributed by atoms with E-state index in [-0.39, 0.29) is 18.4 Å². The molecule has 0 aromatic carbocycles. The van der Waals surface area contributed by atoms with Gasteiger partial charge in [0.2, 0.25) is 5.95 Å². The Labute approximate surface area is 130 Å². The fraction of sp³-hybridized carbons (Fsp3) is 0.571. The molecular weight excluding hydrogens is 293 g/mol. The highest BCUT2D eigenvalue weighted by molar-refractivity contribution is 5.85. The smallest absolute Gasteiger partial charge is 0.216 e. The Kier molecular flexibility index (Phi) is 5.78. The first kappa shape index (κ1) is 17.5. The standard InChI is InChI=1S/C14H22FN5.ClH/c1-9(2)8-20-10(3)6-13(18-20)16-7-12-11(4)17-19(5)14(12)15;/h6,9H,7-8H2,1-5H3,(H,16,18);1H. The highest BCUT2D eigenvalue weighted by atomic mass is 35.5. The first-order chi connectivity index (χ1) is 9.38. The normalized spacial score (nSPS) is 10.8. The number of aryl methyl sites for hydroxylation is 3. The van der Waals surface area contributed by atoms with Gasteiger partial charge in [-0.05, 0) is 19.8 Å². The summed E-state index contributed by atoms with van der Waals surface area (Å²) >= 11 is 0. The minimum Gasteiger partial charge on any atom is -0.364 e. The topological polar surface area (TPSA) is 47.7 Å². The number of rotatable bonds is 5. The van der Waals surface area contributed by atoms with Crippen LogP contribution in [0.5, 0.6) is 0 Å². The molecule has 0 aliphatic rings. The van der Waals surface area contributed by atoms with Gasteiger partial charge in [-0.1, -0.05) is 13.8 Å². The lowest BCUT2D eigenvalue weighted by atomic mass is 10.2. The molecule has 2 aromatic rings. The molecule has 5 nitrogen and oxygen atoms in total. The number of nitrogens with one attached hydrogen (secondary N) is 1. The van der Waals surface area contributed by atoms with Crippen molar-refractivity contribution in [3.8, 4) is 0 Å². The van der Waals surface area contributed by atoms with Gasteiger partial charge in [0.15, 0.2) is 0 Å². The predicted octanol–water partition coefficient (Wildman–Crippen LogP) is 3.06. The molecule has 2 heterocycles. The van der Waals surface area contributed by atoms with Gasteiger partial charge in [-0.3, -0.25) is 4.68 Å². The number of halogens is 2. The van der Waals surface area contributed by atoms with Crippen molar-refractivity contribution in [1.82, 2.24) is 19.6 Å². The van der Waals surface area contributed by atoms with Crippen LogP contribution < -0.4 is 5.32 Å². The molecule has 0 saturated heterocycles. The second-order valence-corrected chi connectivity index (χ2v) is 5.58. The number of nitrogens with zero attached hydrogens (tertiary/aromatic N) is 4. The average Bonchev–Trinajstić information content (AvgIpc) is 2.79. The van der Waals surface area contributed by atoms with Gasteiger partial charge in [0.05, 0.1) is 5.69 Å². The Hall–Kier alpha value is -1.56. The van der Waals surface area contributed by atoms with E-state index in [1.807, 2.05) is 24.6 Å². The summed E-state index contributed by atoms with van der Waals surface area (Å²) in [7, 11) is 1.60. The summed E-state index contributed by atoms with van der Waals surface area (Å²) in [6.45, 7) is 9.42. The van der Waals surface area contributed by atoms with Crippen LogP contribution in [-0.4, -0.2) is 19.6 Å². The fourth-order valence-corrected chi connectivity index (χ4v) is 2.18. The van der Waals surface area contributed by atoms with Crippen molar-refractivity contribution in [2.45, 2.75) is 40.8 Å². The molecule has 2 rings (SSSR count). The zero-order chi connectivity index (χ0) is 14.9. The van der Waals surface area contributed by atoms with Gasteiger partial charge in [0.1, 0.15) is 5.82 Å². The van der Waals surface area contributed by atoms with Crippen molar-refractivity contribution in [2.24, 2.45) is 13.0 Å². The summed E-state index contributed by atoms with van der Waals surface area (Å²) in [6, 6.07) is 1.98. The largest absolute Gasteiger partial charge is 0.364 e. The number of hydrogen-bond acceptors (Lipinski definition) is 3. The zero-order valence-electron chi connectivity index (χ0n) is 13.1. The lowest BCUT2D eigenvalue weighted by Gasteiger charge is -2.06. The Morgan fingerprint density at radius 3 is 2.48 bits per heavy atom. The highest BCUT2D eigenvalue weighted by Crippen LogP contribution is 2.15. The van der Waals surface area contributed by atoms with E-state index in [0.29, 0.717) is 23.7 Å². The van der Waals surface area contributed by atoms with Crippen LogP contribution in [0.1, 0.15) is 30.8 Å². The summed E-state index contributed by atoms with van der Waals surface area (Å²) in [6.07, 6.45) is 0. The quantitative estimate of drug-likeness (QED) is 0.922. The van der Waals surface area contributed by atoms with E-state index in [0.717, 1.165) is 18.1 Å². The highest BCUT2D eigenvalue weighted by Gasteiger charge is 2.13. The predicted molar refractivity (Wildman–Crippen MR) is 84.3 cm³/mol. The lowest BCUT2D eigenvalue weighted by molar-refractivity contribution is 0.475. The van der Waals surface area contributed by atoms with Crippen LogP contribution in [-0.2, 0) is 20.1 Å². The average molecular weight is 316 g/mol. The van der Waals surface area contributed by atoms with E-state index in [1.54, 1.807) is 7.05 Å². The number of aromatic nitrogens is 4. The second kappa shape index (κ2) is 6.93. The minimum atomic E-state index is -0.298. The Morgan fingerprint density at radius 2 is 1.95 bits per heavy atom. The molecule has 0 amide bonds. The van der Waals surface area contributed by atoms with E-state index in [4.69, 9.17) is 0 Å². The first-order valence-electron chi connectivity index (χ1n) is 6.84. The van der Waals surface area contributed by atoms with E-state index in [9.17, 15) is 4.39 Å². The van der Waals surface area contributed by atoms with E-state index >= 15 is 0 Å². The van der Waals surface area contributed by atoms with Crippen LogP contribution in [0.15, 0.2) is 6.07 Å². The van der Waals surface area contributed by atoms with Crippen molar-refractivity contribution < 1.29 is 4.39 Å². The first-order valence-corrected chi connectivity index (χ1v) is 6.84. The van der Waals surface area contributed by atoms with Crippen molar-refractivity contribution >= 4 is 18.2 Å². The molecule has 21 heavy (non-hydrogen) atoms. The molecule has 0 fully saturated rings. The van der Waals surface area contributed by atoms with E-state index < -0.39 is 0 Å². The summed E-state index contributed by atoms with van der Waals surface area (Å²) in [5, 5.41) is 11.7. The lowest BCUT2D eigenvalue weighted by Crippen LogP contribution is -2.08. The van der Waals surface area contributed by atoms with Crippen LogP contribution in [0.4, 0.5) is 10.2 Å². The maximum absolute atomic E-state index is 13.8. The molecule has 2 aromatic heterocycles. The Bertz CT molecular complexity index is 603. The van der Waals surface area contributed by atoms with E-state index in [1.165, 1.54) is 4.68 Å². The molecule has 118 valence electrons. The summed E-state index contributed by atoms with van der Waals surface area (Å²) in [4.78, 5) is 0. The fourth-order valence-electron chi connectivity index (χ4n) is 2.18. The summed E-state index contributed by atoms with van der Waals surface area (Å²) in [5.41, 5.74) is 2.39. The van der Waals surface area contributed by atoms with Crippen molar-refractivity contribution in [1.29, 1.82) is 0 Å². The van der Waals surface area contributed by atoms with E-state index in [2.05, 4.69) is 29.4 Å².